The van der Waals surface area contributed by atoms with E-state index in [-0.39, 0.29) is 0 Å². The predicted molar refractivity (Wildman–Crippen MR) is 92.7 cm³/mol. The number of hydrogen-bond acceptors (Lipinski definition) is 3. The molecule has 0 saturated heterocycles. The second-order valence-corrected chi connectivity index (χ2v) is 8.47. The number of rotatable bonds is 12. The predicted octanol–water partition coefficient (Wildman–Crippen LogP) is 4.88. The van der Waals surface area contributed by atoms with Gasteiger partial charge in [0.25, 0.3) is 0 Å². The van der Waals surface area contributed by atoms with E-state index in [1.165, 1.54) is 0 Å². The van der Waals surface area contributed by atoms with Crippen LogP contribution in [0.3, 0.4) is 0 Å². The Hall–Kier alpha value is 2.21. The van der Waals surface area contributed by atoms with Gasteiger partial charge in [0, 0.05) is 57.0 Å². The summed E-state index contributed by atoms with van der Waals surface area (Å²) >= 11 is 28.8. The molecule has 0 rings (SSSR count). The molecule has 0 spiro atoms. The van der Waals surface area contributed by atoms with E-state index in [4.69, 9.17) is 46.4 Å². The molecule has 0 aliphatic heterocycles. The van der Waals surface area contributed by atoms with Crippen molar-refractivity contribution < 1.29 is 0 Å². The Balaban J connectivity index is 3.61. The molecule has 0 aromatic rings. The van der Waals surface area contributed by atoms with Crippen molar-refractivity contribution in [1.82, 2.24) is 0 Å². The van der Waals surface area contributed by atoms with Crippen LogP contribution in [-0.4, -0.2) is 57.0 Å². The lowest BCUT2D eigenvalue weighted by atomic mass is 10.5. The Labute approximate surface area is 138 Å². The minimum Gasteiger partial charge on any atom is -0.160 e. The molecule has 0 nitrogen and oxygen atoms in total. The number of hydrogen-bond donors (Lipinski definition) is 0. The first-order valence-corrected chi connectivity index (χ1v) is 10.7. The number of halogens is 4. The summed E-state index contributed by atoms with van der Waals surface area (Å²) in [5.74, 6) is 6.85. The summed E-state index contributed by atoms with van der Waals surface area (Å²) in [5, 5.41) is 0.990. The van der Waals surface area contributed by atoms with E-state index in [0.29, 0.717) is 34.0 Å². The molecule has 0 fully saturated rings. The molecule has 0 aliphatic rings. The van der Waals surface area contributed by atoms with Gasteiger partial charge in [-0.15, -0.1) is 46.4 Å². The van der Waals surface area contributed by atoms with Gasteiger partial charge >= 0.3 is 0 Å². The highest BCUT2D eigenvalue weighted by atomic mass is 35.5. The van der Waals surface area contributed by atoms with Crippen LogP contribution < -0.4 is 0 Å². The van der Waals surface area contributed by atoms with Crippen molar-refractivity contribution >= 4 is 81.7 Å². The first-order valence-electron chi connectivity index (χ1n) is 5.33. The molecule has 104 valence electrons. The Morgan fingerprint density at radius 2 is 1.12 bits per heavy atom. The second-order valence-electron chi connectivity index (χ2n) is 3.21. The quantitative estimate of drug-likeness (QED) is 0.446. The maximum Gasteiger partial charge on any atom is 0.0350 e. The van der Waals surface area contributed by atoms with Crippen molar-refractivity contribution in [2.24, 2.45) is 0 Å². The maximum atomic E-state index is 5.91. The smallest absolute Gasteiger partial charge is 0.0350 e. The monoisotopic (exact) mass is 374 g/mol. The third kappa shape index (κ3) is 11.7. The zero-order valence-corrected chi connectivity index (χ0v) is 15.0. The van der Waals surface area contributed by atoms with Crippen molar-refractivity contribution in [2.45, 2.75) is 10.5 Å². The van der Waals surface area contributed by atoms with Crippen LogP contribution >= 0.6 is 81.7 Å². The molecule has 7 heteroatoms. The molecule has 0 amide bonds. The summed E-state index contributed by atoms with van der Waals surface area (Å²) in [6.45, 7) is 0. The summed E-state index contributed by atoms with van der Waals surface area (Å²) in [5.41, 5.74) is 0. The van der Waals surface area contributed by atoms with E-state index in [2.05, 4.69) is 0 Å². The highest BCUT2D eigenvalue weighted by molar-refractivity contribution is 8.05. The molecule has 0 aliphatic carbocycles. The maximum absolute atomic E-state index is 5.91. The van der Waals surface area contributed by atoms with Crippen molar-refractivity contribution in [3.63, 3.8) is 0 Å². The van der Waals surface area contributed by atoms with Gasteiger partial charge in [-0.05, 0) is 0 Å². The van der Waals surface area contributed by atoms with Crippen LogP contribution in [0.4, 0.5) is 0 Å². The molecule has 2 atom stereocenters. The lowest BCUT2D eigenvalue weighted by molar-refractivity contribution is 1.11. The Morgan fingerprint density at radius 3 is 1.41 bits per heavy atom. The zero-order valence-electron chi connectivity index (χ0n) is 9.55. The van der Waals surface area contributed by atoms with Crippen LogP contribution in [0.5, 0.6) is 0 Å². The molecule has 17 heavy (non-hydrogen) atoms. The third-order valence-electron chi connectivity index (χ3n) is 1.81. The van der Waals surface area contributed by atoms with Gasteiger partial charge < -0.3 is 0 Å². The highest BCUT2D eigenvalue weighted by Crippen LogP contribution is 2.22. The van der Waals surface area contributed by atoms with Crippen LogP contribution in [0, 0.1) is 0 Å². The fourth-order valence-electron chi connectivity index (χ4n) is 1.03. The first kappa shape index (κ1) is 19.2. The third-order valence-corrected chi connectivity index (χ3v) is 7.94. The van der Waals surface area contributed by atoms with E-state index in [1.54, 1.807) is 0 Å². The fraction of sp³-hybridized carbons (Fsp3) is 1.00. The molecular formula is C10H18Cl4S3. The minimum atomic E-state index is 0.495. The average Bonchev–Trinajstić information content (AvgIpc) is 2.37. The second kappa shape index (κ2) is 14.6. The molecule has 0 radical (unpaired) electrons. The van der Waals surface area contributed by atoms with Gasteiger partial charge in [-0.25, -0.2) is 0 Å². The van der Waals surface area contributed by atoms with E-state index < -0.39 is 0 Å². The summed E-state index contributed by atoms with van der Waals surface area (Å²) in [7, 11) is 0. The van der Waals surface area contributed by atoms with Crippen LogP contribution in [0.1, 0.15) is 0 Å². The van der Waals surface area contributed by atoms with E-state index in [0.717, 1.165) is 23.0 Å². The van der Waals surface area contributed by atoms with E-state index in [1.807, 2.05) is 35.3 Å². The fourth-order valence-corrected chi connectivity index (χ4v) is 5.84. The van der Waals surface area contributed by atoms with Crippen molar-refractivity contribution in [3.8, 4) is 0 Å². The van der Waals surface area contributed by atoms with Crippen LogP contribution in [0.25, 0.3) is 0 Å². The van der Waals surface area contributed by atoms with Crippen LogP contribution in [0.2, 0.25) is 0 Å². The topological polar surface area (TPSA) is 0 Å². The normalized spacial score (nSPS) is 14.8. The highest BCUT2D eigenvalue weighted by Gasteiger charge is 2.11. The van der Waals surface area contributed by atoms with Crippen LogP contribution in [-0.2, 0) is 0 Å². The summed E-state index contributed by atoms with van der Waals surface area (Å²) in [4.78, 5) is 0. The first-order chi connectivity index (χ1) is 8.28. The van der Waals surface area contributed by atoms with Crippen molar-refractivity contribution in [1.29, 1.82) is 0 Å². The Morgan fingerprint density at radius 1 is 0.706 bits per heavy atom. The Bertz CT molecular complexity index is 146. The molecule has 0 saturated carbocycles. The number of thioether (sulfide) groups is 3. The molecule has 0 heterocycles. The van der Waals surface area contributed by atoms with E-state index in [9.17, 15) is 0 Å². The van der Waals surface area contributed by atoms with Crippen LogP contribution in [0.15, 0.2) is 0 Å². The van der Waals surface area contributed by atoms with Gasteiger partial charge in [0.05, 0.1) is 0 Å². The van der Waals surface area contributed by atoms with Gasteiger partial charge in [-0.2, -0.15) is 35.3 Å². The zero-order chi connectivity index (χ0) is 12.9. The standard InChI is InChI=1S/C10H18Cl4S3/c11-1-3-16-9(5-13)7-15-8-10(6-14)17-4-2-12/h9-10H,1-8H2. The van der Waals surface area contributed by atoms with Gasteiger partial charge in [0.15, 0.2) is 0 Å². The molecular weight excluding hydrogens is 358 g/mol. The molecule has 0 N–H and O–H groups in total. The molecule has 0 bridgehead atoms. The summed E-state index contributed by atoms with van der Waals surface area (Å²) < 4.78 is 0. The van der Waals surface area contributed by atoms with Gasteiger partial charge in [0.1, 0.15) is 0 Å². The molecule has 2 unspecified atom stereocenters. The number of alkyl halides is 4. The lowest BCUT2D eigenvalue weighted by Crippen LogP contribution is -2.14. The van der Waals surface area contributed by atoms with Crippen molar-refractivity contribution in [2.75, 3.05) is 46.5 Å². The largest absolute Gasteiger partial charge is 0.160 e. The van der Waals surface area contributed by atoms with Gasteiger partial charge in [0.2, 0.25) is 0 Å². The van der Waals surface area contributed by atoms with Crippen molar-refractivity contribution in [3.05, 3.63) is 0 Å². The summed E-state index contributed by atoms with van der Waals surface area (Å²) in [6, 6.07) is 0. The lowest BCUT2D eigenvalue weighted by Gasteiger charge is -2.15. The van der Waals surface area contributed by atoms with E-state index >= 15 is 0 Å². The Kier molecular flexibility index (Phi) is 16.5. The minimum absolute atomic E-state index is 0.495. The summed E-state index contributed by atoms with van der Waals surface area (Å²) in [6.07, 6.45) is 0. The SMILES string of the molecule is ClCCSC(CCl)CSCC(CCl)SCCCl. The van der Waals surface area contributed by atoms with Gasteiger partial charge in [-0.1, -0.05) is 0 Å². The molecule has 0 aromatic carbocycles. The van der Waals surface area contributed by atoms with Gasteiger partial charge in [-0.3, -0.25) is 0 Å². The average molecular weight is 376 g/mol. The molecule has 0 aromatic heterocycles.